The van der Waals surface area contributed by atoms with Gasteiger partial charge in [0.05, 0.1) is 38.0 Å². The second-order valence-electron chi connectivity index (χ2n) is 7.51. The average molecular weight is 638 g/mol. The Kier molecular flexibility index (Phi) is 11.7. The predicted molar refractivity (Wildman–Crippen MR) is 159 cm³/mol. The van der Waals surface area contributed by atoms with E-state index in [4.69, 9.17) is 11.6 Å². The second-order valence-corrected chi connectivity index (χ2v) is 12.4. The summed E-state index contributed by atoms with van der Waals surface area (Å²) in [5.41, 5.74) is 3.65. The number of thiophene rings is 1. The number of nitrogens with zero attached hydrogens (tertiary/aromatic N) is 1. The molecule has 192 valence electrons. The molecule has 2 atom stereocenters. The molecule has 0 saturated carbocycles. The van der Waals surface area contributed by atoms with Gasteiger partial charge in [-0.15, -0.1) is 0 Å². The molecular formula is C26H22BrClN2O4S3. The summed E-state index contributed by atoms with van der Waals surface area (Å²) in [5, 5.41) is 16.2. The minimum atomic E-state index is -1.17. The fourth-order valence-corrected chi connectivity index (χ4v) is 5.79. The van der Waals surface area contributed by atoms with Crippen LogP contribution in [0, 0.1) is 10.1 Å². The van der Waals surface area contributed by atoms with Gasteiger partial charge in [0.1, 0.15) is 0 Å². The van der Waals surface area contributed by atoms with E-state index in [1.165, 1.54) is 6.07 Å². The van der Waals surface area contributed by atoms with E-state index >= 15 is 0 Å². The number of rotatable bonds is 9. The monoisotopic (exact) mass is 636 g/mol. The predicted octanol–water partition coefficient (Wildman–Crippen LogP) is 7.93. The van der Waals surface area contributed by atoms with Gasteiger partial charge >= 0.3 is 5.00 Å². The molecule has 2 aromatic heterocycles. The van der Waals surface area contributed by atoms with Crippen LogP contribution in [0.2, 0.25) is 5.02 Å². The molecule has 0 spiro atoms. The minimum absolute atomic E-state index is 0.0770. The van der Waals surface area contributed by atoms with Crippen LogP contribution in [0.25, 0.3) is 12.2 Å². The second kappa shape index (κ2) is 14.9. The van der Waals surface area contributed by atoms with Crippen molar-refractivity contribution in [1.29, 1.82) is 0 Å². The molecule has 0 bridgehead atoms. The number of benzene rings is 2. The molecule has 0 fully saturated rings. The highest BCUT2D eigenvalue weighted by Crippen LogP contribution is 2.23. The molecule has 0 saturated heterocycles. The third kappa shape index (κ3) is 10.7. The largest absolute Gasteiger partial charge is 0.362 e. The molecule has 11 heteroatoms. The maximum Gasteiger partial charge on any atom is 0.324 e. The highest BCUT2D eigenvalue weighted by molar-refractivity contribution is 9.10. The molecule has 0 radical (unpaired) electrons. The molecule has 37 heavy (non-hydrogen) atoms. The van der Waals surface area contributed by atoms with Gasteiger partial charge < -0.3 is 4.98 Å². The summed E-state index contributed by atoms with van der Waals surface area (Å²) >= 11 is 10.2. The summed E-state index contributed by atoms with van der Waals surface area (Å²) in [5.74, 6) is 0.935. The van der Waals surface area contributed by atoms with E-state index in [1.807, 2.05) is 60.8 Å². The van der Waals surface area contributed by atoms with E-state index in [2.05, 4.69) is 20.9 Å². The topological polar surface area (TPSA) is 93.1 Å². The lowest BCUT2D eigenvalue weighted by atomic mass is 10.2. The van der Waals surface area contributed by atoms with Crippen LogP contribution in [0.5, 0.6) is 0 Å². The van der Waals surface area contributed by atoms with Crippen LogP contribution in [0.4, 0.5) is 5.00 Å². The number of aromatic amines is 1. The van der Waals surface area contributed by atoms with E-state index in [1.54, 1.807) is 34.4 Å². The van der Waals surface area contributed by atoms with Gasteiger partial charge in [-0.25, -0.2) is 0 Å². The van der Waals surface area contributed by atoms with Gasteiger partial charge in [-0.2, -0.15) is 0 Å². The maximum atomic E-state index is 11.9. The molecule has 0 aliphatic heterocycles. The van der Waals surface area contributed by atoms with Crippen LogP contribution in [0.15, 0.2) is 93.6 Å². The smallest absolute Gasteiger partial charge is 0.324 e. The maximum absolute atomic E-state index is 11.9. The van der Waals surface area contributed by atoms with Crippen molar-refractivity contribution >= 4 is 77.6 Å². The van der Waals surface area contributed by atoms with E-state index in [0.29, 0.717) is 22.1 Å². The fraction of sp³-hybridized carbons (Fsp3) is 0.0769. The average Bonchev–Trinajstić information content (AvgIpc) is 3.57. The first-order valence-electron chi connectivity index (χ1n) is 10.7. The molecule has 2 heterocycles. The van der Waals surface area contributed by atoms with Crippen LogP contribution in [0.1, 0.15) is 22.4 Å². The molecule has 0 aliphatic carbocycles. The SMILES string of the molecule is O=S(C=Cc1ccc[nH]1)Cc1ccc(Br)cc1.O=[N+]([O-])c1cc(/C=C/S(=O)Cc2ccc(Cl)cc2)cs1. The zero-order valence-corrected chi connectivity index (χ0v) is 24.1. The van der Waals surface area contributed by atoms with Crippen molar-refractivity contribution in [2.24, 2.45) is 0 Å². The number of hydrogen-bond acceptors (Lipinski definition) is 5. The summed E-state index contributed by atoms with van der Waals surface area (Å²) in [6.45, 7) is 0. The Balaban J connectivity index is 0.000000208. The summed E-state index contributed by atoms with van der Waals surface area (Å²) in [6, 6.07) is 20.3. The first-order chi connectivity index (χ1) is 17.8. The van der Waals surface area contributed by atoms with Crippen LogP contribution in [0.3, 0.4) is 0 Å². The van der Waals surface area contributed by atoms with E-state index in [-0.39, 0.29) is 5.00 Å². The molecule has 0 aliphatic rings. The van der Waals surface area contributed by atoms with Gasteiger partial charge in [0.15, 0.2) is 0 Å². The van der Waals surface area contributed by atoms with Crippen LogP contribution in [-0.2, 0) is 33.1 Å². The van der Waals surface area contributed by atoms with Crippen LogP contribution >= 0.6 is 38.9 Å². The lowest BCUT2D eigenvalue weighted by Crippen LogP contribution is -1.90. The van der Waals surface area contributed by atoms with E-state index in [9.17, 15) is 18.5 Å². The van der Waals surface area contributed by atoms with E-state index in [0.717, 1.165) is 32.6 Å². The van der Waals surface area contributed by atoms with Gasteiger partial charge in [0.25, 0.3) is 0 Å². The van der Waals surface area contributed by atoms with Crippen molar-refractivity contribution in [3.63, 3.8) is 0 Å². The Bertz CT molecular complexity index is 1400. The van der Waals surface area contributed by atoms with Crippen molar-refractivity contribution in [2.75, 3.05) is 0 Å². The Morgan fingerprint density at radius 3 is 2.08 bits per heavy atom. The quantitative estimate of drug-likeness (QED) is 0.149. The fourth-order valence-electron chi connectivity index (χ4n) is 2.86. The number of halogens is 2. The Hall–Kier alpha value is -2.63. The zero-order valence-electron chi connectivity index (χ0n) is 19.3. The molecular weight excluding hydrogens is 616 g/mol. The first kappa shape index (κ1) is 28.9. The third-order valence-electron chi connectivity index (χ3n) is 4.66. The van der Waals surface area contributed by atoms with Crippen LogP contribution in [-0.4, -0.2) is 18.3 Å². The first-order valence-corrected chi connectivity index (χ1v) is 15.6. The van der Waals surface area contributed by atoms with Gasteiger partial charge in [-0.05, 0) is 65.2 Å². The number of H-pyrrole nitrogens is 1. The lowest BCUT2D eigenvalue weighted by molar-refractivity contribution is -0.380. The zero-order chi connectivity index (χ0) is 26.6. The minimum Gasteiger partial charge on any atom is -0.362 e. The van der Waals surface area contributed by atoms with Crippen molar-refractivity contribution < 1.29 is 13.3 Å². The Labute approximate surface area is 237 Å². The normalized spacial score (nSPS) is 12.8. The van der Waals surface area contributed by atoms with Crippen molar-refractivity contribution in [3.05, 3.63) is 131 Å². The van der Waals surface area contributed by atoms with Gasteiger partial charge in [-0.3, -0.25) is 18.5 Å². The Morgan fingerprint density at radius 1 is 0.946 bits per heavy atom. The molecule has 1 N–H and O–H groups in total. The number of hydrogen-bond donors (Lipinski definition) is 1. The molecule has 0 amide bonds. The highest BCUT2D eigenvalue weighted by Gasteiger charge is 2.08. The molecule has 6 nitrogen and oxygen atoms in total. The molecule has 4 aromatic rings. The van der Waals surface area contributed by atoms with Gasteiger partial charge in [-0.1, -0.05) is 63.1 Å². The molecule has 2 aromatic carbocycles. The standard InChI is InChI=1S/C13H12BrNOS.C13H10ClNO3S2/c14-12-5-3-11(4-6-12)10-17(16)9-7-13-2-1-8-15-13;14-12-3-1-10(2-4-12)9-20(18)6-5-11-7-13(15(16)17)19-8-11/h1-9,15H,10H2;1-8H,9H2/b;6-5+. The van der Waals surface area contributed by atoms with Gasteiger partial charge in [0, 0.05) is 43.6 Å². The molecule has 2 unspecified atom stereocenters. The van der Waals surface area contributed by atoms with Crippen molar-refractivity contribution in [1.82, 2.24) is 4.98 Å². The van der Waals surface area contributed by atoms with Crippen molar-refractivity contribution in [2.45, 2.75) is 11.5 Å². The summed E-state index contributed by atoms with van der Waals surface area (Å²) in [7, 11) is -2.15. The highest BCUT2D eigenvalue weighted by atomic mass is 79.9. The number of nitro groups is 1. The van der Waals surface area contributed by atoms with Gasteiger partial charge in [0.2, 0.25) is 0 Å². The number of aromatic nitrogens is 1. The van der Waals surface area contributed by atoms with Crippen LogP contribution < -0.4 is 0 Å². The number of nitrogens with one attached hydrogen (secondary N) is 1. The molecule has 4 rings (SSSR count). The summed E-state index contributed by atoms with van der Waals surface area (Å²) in [6.07, 6.45) is 5.32. The third-order valence-corrected chi connectivity index (χ3v) is 8.46. The van der Waals surface area contributed by atoms with Crippen molar-refractivity contribution in [3.8, 4) is 0 Å². The van der Waals surface area contributed by atoms with E-state index < -0.39 is 26.5 Å². The lowest BCUT2D eigenvalue weighted by Gasteiger charge is -1.98. The summed E-state index contributed by atoms with van der Waals surface area (Å²) < 4.78 is 24.7. The Morgan fingerprint density at radius 2 is 1.54 bits per heavy atom. The summed E-state index contributed by atoms with van der Waals surface area (Å²) in [4.78, 5) is 13.1.